The standard InChI is InChI=1S/C27H31Cl2N3O2/c1-4-25(33)21-14-30-24-10-7-17(18-12-22(28)27(34)23(29)13-18)11-20(24)26(21)31-19-8-5-16(6-9-19)15-32(2)3/h7,10-14,16,19,34H,4-6,8-9,15H2,1-3H3,(H,30,31). The molecular formula is C27H31Cl2N3O2. The van der Waals surface area contributed by atoms with Gasteiger partial charge < -0.3 is 15.3 Å². The fourth-order valence-corrected chi connectivity index (χ4v) is 5.36. The number of benzene rings is 2. The Hall–Kier alpha value is -2.34. The summed E-state index contributed by atoms with van der Waals surface area (Å²) in [7, 11) is 4.25. The molecule has 0 spiro atoms. The average Bonchev–Trinajstić information content (AvgIpc) is 2.82. The topological polar surface area (TPSA) is 65.5 Å². The van der Waals surface area contributed by atoms with Crippen molar-refractivity contribution in [2.45, 2.75) is 45.1 Å². The molecule has 4 rings (SSSR count). The number of hydrogen-bond donors (Lipinski definition) is 2. The van der Waals surface area contributed by atoms with E-state index in [-0.39, 0.29) is 21.6 Å². The lowest BCUT2D eigenvalue weighted by atomic mass is 9.85. The number of phenolic OH excluding ortho intramolecular Hbond substituents is 1. The van der Waals surface area contributed by atoms with Gasteiger partial charge in [0.2, 0.25) is 0 Å². The highest BCUT2D eigenvalue weighted by molar-refractivity contribution is 6.37. The molecule has 5 nitrogen and oxygen atoms in total. The highest BCUT2D eigenvalue weighted by atomic mass is 35.5. The SMILES string of the molecule is CCC(=O)c1cnc2ccc(-c3cc(Cl)c(O)c(Cl)c3)cc2c1NC1CCC(CN(C)C)CC1. The summed E-state index contributed by atoms with van der Waals surface area (Å²) < 4.78 is 0. The molecule has 180 valence electrons. The fraction of sp³-hybridized carbons (Fsp3) is 0.407. The van der Waals surface area contributed by atoms with Crippen LogP contribution in [0.3, 0.4) is 0 Å². The molecule has 0 bridgehead atoms. The zero-order chi connectivity index (χ0) is 24.4. The third kappa shape index (κ3) is 5.32. The molecule has 3 aromatic rings. The van der Waals surface area contributed by atoms with Crippen LogP contribution < -0.4 is 5.32 Å². The lowest BCUT2D eigenvalue weighted by Gasteiger charge is -2.32. The number of nitrogens with one attached hydrogen (secondary N) is 1. The van der Waals surface area contributed by atoms with Gasteiger partial charge in [0.05, 0.1) is 26.8 Å². The van der Waals surface area contributed by atoms with Gasteiger partial charge in [-0.15, -0.1) is 0 Å². The Balaban J connectivity index is 1.72. The van der Waals surface area contributed by atoms with Crippen molar-refractivity contribution in [3.63, 3.8) is 0 Å². The first-order valence-corrected chi connectivity index (χ1v) is 12.6. The van der Waals surface area contributed by atoms with Gasteiger partial charge in [-0.3, -0.25) is 9.78 Å². The maximum Gasteiger partial charge on any atom is 0.166 e. The van der Waals surface area contributed by atoms with Crippen molar-refractivity contribution in [2.24, 2.45) is 5.92 Å². The number of carbonyl (C=O) groups is 1. The van der Waals surface area contributed by atoms with Crippen molar-refractivity contribution in [2.75, 3.05) is 26.0 Å². The van der Waals surface area contributed by atoms with Gasteiger partial charge in [0.1, 0.15) is 0 Å². The van der Waals surface area contributed by atoms with Crippen LogP contribution in [-0.4, -0.2) is 47.5 Å². The van der Waals surface area contributed by atoms with Gasteiger partial charge >= 0.3 is 0 Å². The number of fused-ring (bicyclic) bond motifs is 1. The molecule has 1 aliphatic rings. The minimum Gasteiger partial charge on any atom is -0.505 e. The van der Waals surface area contributed by atoms with Gasteiger partial charge in [0.15, 0.2) is 11.5 Å². The van der Waals surface area contributed by atoms with Crippen LogP contribution in [0.1, 0.15) is 49.4 Å². The number of carbonyl (C=O) groups excluding carboxylic acids is 1. The van der Waals surface area contributed by atoms with Crippen molar-refractivity contribution < 1.29 is 9.90 Å². The maximum absolute atomic E-state index is 12.8. The molecular weight excluding hydrogens is 469 g/mol. The molecule has 34 heavy (non-hydrogen) atoms. The van der Waals surface area contributed by atoms with Crippen LogP contribution in [0.25, 0.3) is 22.0 Å². The van der Waals surface area contributed by atoms with Gasteiger partial charge in [0, 0.05) is 30.6 Å². The van der Waals surface area contributed by atoms with Crippen molar-refractivity contribution >= 4 is 45.6 Å². The van der Waals surface area contributed by atoms with Crippen LogP contribution in [0.5, 0.6) is 5.75 Å². The summed E-state index contributed by atoms with van der Waals surface area (Å²) >= 11 is 12.3. The molecule has 0 atom stereocenters. The van der Waals surface area contributed by atoms with Crippen LogP contribution in [0, 0.1) is 5.92 Å². The zero-order valence-electron chi connectivity index (χ0n) is 19.9. The summed E-state index contributed by atoms with van der Waals surface area (Å²) in [5.74, 6) is 0.659. The molecule has 0 unspecified atom stereocenters. The highest BCUT2D eigenvalue weighted by Crippen LogP contribution is 2.39. The third-order valence-corrected chi connectivity index (χ3v) is 7.23. The molecule has 1 heterocycles. The highest BCUT2D eigenvalue weighted by Gasteiger charge is 2.24. The Morgan fingerprint density at radius 1 is 1.09 bits per heavy atom. The molecule has 2 N–H and O–H groups in total. The van der Waals surface area contributed by atoms with Crippen molar-refractivity contribution in [3.8, 4) is 16.9 Å². The number of pyridine rings is 1. The van der Waals surface area contributed by atoms with Gasteiger partial charge in [-0.25, -0.2) is 0 Å². The molecule has 2 aromatic carbocycles. The van der Waals surface area contributed by atoms with Crippen LogP contribution in [0.2, 0.25) is 10.0 Å². The second kappa shape index (κ2) is 10.5. The average molecular weight is 500 g/mol. The number of aromatic nitrogens is 1. The van der Waals surface area contributed by atoms with E-state index < -0.39 is 0 Å². The molecule has 0 saturated heterocycles. The molecule has 1 aliphatic carbocycles. The quantitative estimate of drug-likeness (QED) is 0.341. The summed E-state index contributed by atoms with van der Waals surface area (Å²) in [5, 5.41) is 15.0. The van der Waals surface area contributed by atoms with E-state index in [1.165, 1.54) is 12.8 Å². The van der Waals surface area contributed by atoms with E-state index in [9.17, 15) is 9.90 Å². The largest absolute Gasteiger partial charge is 0.505 e. The first kappa shape index (κ1) is 24.8. The number of Topliss-reactive ketones (excluding diaryl/α,β-unsaturated/α-hetero) is 1. The zero-order valence-corrected chi connectivity index (χ0v) is 21.4. The van der Waals surface area contributed by atoms with E-state index >= 15 is 0 Å². The lowest BCUT2D eigenvalue weighted by molar-refractivity contribution is 0.0988. The van der Waals surface area contributed by atoms with Crippen LogP contribution in [0.4, 0.5) is 5.69 Å². The third-order valence-electron chi connectivity index (χ3n) is 6.66. The van der Waals surface area contributed by atoms with Crippen molar-refractivity contribution in [1.82, 2.24) is 9.88 Å². The summed E-state index contributed by atoms with van der Waals surface area (Å²) in [5.41, 5.74) is 3.97. The number of hydrogen-bond acceptors (Lipinski definition) is 5. The minimum absolute atomic E-state index is 0.0688. The smallest absolute Gasteiger partial charge is 0.166 e. The molecule has 0 radical (unpaired) electrons. The Morgan fingerprint density at radius 2 is 1.76 bits per heavy atom. The normalized spacial score (nSPS) is 18.4. The summed E-state index contributed by atoms with van der Waals surface area (Å²) in [6, 6.07) is 9.61. The minimum atomic E-state index is -0.127. The lowest BCUT2D eigenvalue weighted by Crippen LogP contribution is -2.31. The summed E-state index contributed by atoms with van der Waals surface area (Å²) in [6.07, 6.45) is 6.61. The van der Waals surface area contributed by atoms with E-state index in [0.29, 0.717) is 18.0 Å². The monoisotopic (exact) mass is 499 g/mol. The number of ketones is 1. The number of halogens is 2. The fourth-order valence-electron chi connectivity index (χ4n) is 4.87. The summed E-state index contributed by atoms with van der Waals surface area (Å²) in [4.78, 5) is 19.7. The number of anilines is 1. The second-order valence-electron chi connectivity index (χ2n) is 9.47. The molecule has 1 fully saturated rings. The number of nitrogens with zero attached hydrogens (tertiary/aromatic N) is 2. The Labute approximate surface area is 211 Å². The first-order valence-electron chi connectivity index (χ1n) is 11.8. The Kier molecular flexibility index (Phi) is 7.66. The molecule has 1 saturated carbocycles. The molecule has 0 amide bonds. The Bertz CT molecular complexity index is 1180. The van der Waals surface area contributed by atoms with Crippen molar-refractivity contribution in [1.29, 1.82) is 0 Å². The van der Waals surface area contributed by atoms with Crippen molar-refractivity contribution in [3.05, 3.63) is 52.1 Å². The molecule has 0 aliphatic heterocycles. The van der Waals surface area contributed by atoms with E-state index in [0.717, 1.165) is 53.0 Å². The Morgan fingerprint density at radius 3 is 2.38 bits per heavy atom. The molecule has 7 heteroatoms. The summed E-state index contributed by atoms with van der Waals surface area (Å²) in [6.45, 7) is 2.99. The van der Waals surface area contributed by atoms with E-state index in [1.54, 1.807) is 18.3 Å². The van der Waals surface area contributed by atoms with Gasteiger partial charge in [-0.2, -0.15) is 0 Å². The number of rotatable bonds is 7. The predicted octanol–water partition coefficient (Wildman–Crippen LogP) is 7.04. The van der Waals surface area contributed by atoms with Crippen LogP contribution in [-0.2, 0) is 0 Å². The van der Waals surface area contributed by atoms with Crippen LogP contribution in [0.15, 0.2) is 36.5 Å². The van der Waals surface area contributed by atoms with E-state index in [1.807, 2.05) is 25.1 Å². The van der Waals surface area contributed by atoms with Gasteiger partial charge in [-0.1, -0.05) is 36.2 Å². The molecule has 1 aromatic heterocycles. The van der Waals surface area contributed by atoms with Gasteiger partial charge in [-0.05, 0) is 81.1 Å². The maximum atomic E-state index is 12.8. The van der Waals surface area contributed by atoms with Gasteiger partial charge in [0.25, 0.3) is 0 Å². The van der Waals surface area contributed by atoms with E-state index in [4.69, 9.17) is 23.2 Å². The predicted molar refractivity (Wildman–Crippen MR) is 141 cm³/mol. The van der Waals surface area contributed by atoms with E-state index in [2.05, 4.69) is 29.3 Å². The van der Waals surface area contributed by atoms with Crippen LogP contribution >= 0.6 is 23.2 Å². The number of aromatic hydroxyl groups is 1. The first-order chi connectivity index (χ1) is 16.3. The number of phenols is 1. The second-order valence-corrected chi connectivity index (χ2v) is 10.3.